The maximum absolute atomic E-state index is 12.7. The monoisotopic (exact) mass is 384 g/mol. The van der Waals surface area contributed by atoms with Gasteiger partial charge in [-0.3, -0.25) is 9.59 Å². The van der Waals surface area contributed by atoms with Crippen molar-refractivity contribution in [2.45, 2.75) is 38.6 Å². The number of rotatable bonds is 6. The molecule has 1 fully saturated rings. The molecule has 1 saturated heterocycles. The molecule has 3 rings (SSSR count). The van der Waals surface area contributed by atoms with Crippen molar-refractivity contribution in [2.24, 2.45) is 0 Å². The lowest BCUT2D eigenvalue weighted by Crippen LogP contribution is -2.41. The molecule has 1 atom stereocenters. The molecule has 0 radical (unpaired) electrons. The van der Waals surface area contributed by atoms with Gasteiger partial charge in [0.05, 0.1) is 0 Å². The Balaban J connectivity index is 1.51. The minimum absolute atomic E-state index is 0.0741. The highest BCUT2D eigenvalue weighted by Gasteiger charge is 2.23. The van der Waals surface area contributed by atoms with E-state index >= 15 is 0 Å². The first-order valence-corrected chi connectivity index (χ1v) is 9.86. The highest BCUT2D eigenvalue weighted by Crippen LogP contribution is 2.20. The molecule has 0 bridgehead atoms. The van der Waals surface area contributed by atoms with Gasteiger partial charge in [0, 0.05) is 47.4 Å². The predicted octanol–water partition coefficient (Wildman–Crippen LogP) is 5.04. The Bertz CT molecular complexity index is 787. The second-order valence-electron chi connectivity index (χ2n) is 7.03. The standard InChI is InChI=1S/C22H25ClN2O2/c1-16-4-2-3-15-25(16)22(27)18-7-11-20(12-8-18)24-14-13-21(26)17-5-9-19(23)10-6-17/h5-12,16,24H,2-4,13-15H2,1H3/t16-/m1/s1. The molecular weight excluding hydrogens is 360 g/mol. The third-order valence-electron chi connectivity index (χ3n) is 5.04. The third kappa shape index (κ3) is 5.10. The number of Topliss-reactive ketones (excluding diaryl/α,β-unsaturated/α-hetero) is 1. The molecule has 142 valence electrons. The van der Waals surface area contributed by atoms with E-state index < -0.39 is 0 Å². The summed E-state index contributed by atoms with van der Waals surface area (Å²) in [6.07, 6.45) is 3.75. The van der Waals surface area contributed by atoms with Crippen LogP contribution < -0.4 is 5.32 Å². The lowest BCUT2D eigenvalue weighted by Gasteiger charge is -2.33. The van der Waals surface area contributed by atoms with Gasteiger partial charge >= 0.3 is 0 Å². The number of benzene rings is 2. The summed E-state index contributed by atoms with van der Waals surface area (Å²) in [7, 11) is 0. The fourth-order valence-electron chi connectivity index (χ4n) is 3.40. The normalized spacial score (nSPS) is 16.8. The van der Waals surface area contributed by atoms with Crippen molar-refractivity contribution in [3.8, 4) is 0 Å². The van der Waals surface area contributed by atoms with Crippen LogP contribution in [0.4, 0.5) is 5.69 Å². The molecule has 0 spiro atoms. The van der Waals surface area contributed by atoms with E-state index in [9.17, 15) is 9.59 Å². The molecule has 4 nitrogen and oxygen atoms in total. The number of nitrogens with zero attached hydrogens (tertiary/aromatic N) is 1. The molecule has 1 N–H and O–H groups in total. The zero-order valence-corrected chi connectivity index (χ0v) is 16.3. The highest BCUT2D eigenvalue weighted by atomic mass is 35.5. The number of anilines is 1. The van der Waals surface area contributed by atoms with Crippen molar-refractivity contribution >= 4 is 29.0 Å². The molecule has 0 saturated carbocycles. The van der Waals surface area contributed by atoms with Gasteiger partial charge in [0.25, 0.3) is 5.91 Å². The summed E-state index contributed by atoms with van der Waals surface area (Å²) in [4.78, 5) is 26.8. The van der Waals surface area contributed by atoms with Crippen LogP contribution in [0.25, 0.3) is 0 Å². The van der Waals surface area contributed by atoms with Crippen molar-refractivity contribution in [2.75, 3.05) is 18.4 Å². The lowest BCUT2D eigenvalue weighted by molar-refractivity contribution is 0.0635. The number of carbonyl (C=O) groups excluding carboxylic acids is 2. The number of carbonyl (C=O) groups is 2. The first-order valence-electron chi connectivity index (χ1n) is 9.48. The van der Waals surface area contributed by atoms with Gasteiger partial charge < -0.3 is 10.2 Å². The average molecular weight is 385 g/mol. The summed E-state index contributed by atoms with van der Waals surface area (Å²) < 4.78 is 0. The molecule has 0 aliphatic carbocycles. The Morgan fingerprint density at radius 3 is 2.37 bits per heavy atom. The fourth-order valence-corrected chi connectivity index (χ4v) is 3.52. The first-order chi connectivity index (χ1) is 13.0. The van der Waals surface area contributed by atoms with Crippen LogP contribution in [0.3, 0.4) is 0 Å². The summed E-state index contributed by atoms with van der Waals surface area (Å²) in [5, 5.41) is 3.86. The number of hydrogen-bond donors (Lipinski definition) is 1. The van der Waals surface area contributed by atoms with Crippen LogP contribution in [0.2, 0.25) is 5.02 Å². The number of nitrogens with one attached hydrogen (secondary N) is 1. The van der Waals surface area contributed by atoms with Crippen LogP contribution in [-0.2, 0) is 0 Å². The number of amides is 1. The Labute approximate surface area is 165 Å². The van der Waals surface area contributed by atoms with Crippen molar-refractivity contribution in [1.29, 1.82) is 0 Å². The van der Waals surface area contributed by atoms with Crippen LogP contribution in [0, 0.1) is 0 Å². The molecule has 5 heteroatoms. The molecule has 1 heterocycles. The first kappa shape index (κ1) is 19.4. The number of halogens is 1. The van der Waals surface area contributed by atoms with E-state index in [1.807, 2.05) is 29.2 Å². The van der Waals surface area contributed by atoms with Crippen molar-refractivity contribution < 1.29 is 9.59 Å². The van der Waals surface area contributed by atoms with E-state index in [4.69, 9.17) is 11.6 Å². The molecule has 1 amide bonds. The van der Waals surface area contributed by atoms with Crippen LogP contribution in [0.1, 0.15) is 53.3 Å². The van der Waals surface area contributed by atoms with E-state index in [1.165, 1.54) is 6.42 Å². The van der Waals surface area contributed by atoms with Crippen molar-refractivity contribution in [3.63, 3.8) is 0 Å². The molecule has 1 aliphatic rings. The van der Waals surface area contributed by atoms with Gasteiger partial charge in [0.1, 0.15) is 0 Å². The summed E-state index contributed by atoms with van der Waals surface area (Å²) in [6, 6.07) is 14.7. The van der Waals surface area contributed by atoms with E-state index in [2.05, 4.69) is 12.2 Å². The van der Waals surface area contributed by atoms with Gasteiger partial charge in [-0.2, -0.15) is 0 Å². The summed E-state index contributed by atoms with van der Waals surface area (Å²) in [6.45, 7) is 3.50. The summed E-state index contributed by atoms with van der Waals surface area (Å²) in [5.74, 6) is 0.178. The lowest BCUT2D eigenvalue weighted by atomic mass is 10.0. The number of piperidine rings is 1. The Kier molecular flexibility index (Phi) is 6.51. The zero-order chi connectivity index (χ0) is 19.2. The highest BCUT2D eigenvalue weighted by molar-refractivity contribution is 6.30. The third-order valence-corrected chi connectivity index (χ3v) is 5.30. The molecule has 2 aromatic rings. The molecule has 1 aliphatic heterocycles. The van der Waals surface area contributed by atoms with Crippen LogP contribution in [0.15, 0.2) is 48.5 Å². The fraction of sp³-hybridized carbons (Fsp3) is 0.364. The van der Waals surface area contributed by atoms with E-state index in [0.717, 1.165) is 25.1 Å². The number of likely N-dealkylation sites (tertiary alicyclic amines) is 1. The molecule has 0 aromatic heterocycles. The van der Waals surface area contributed by atoms with E-state index in [-0.39, 0.29) is 11.7 Å². The van der Waals surface area contributed by atoms with Crippen LogP contribution in [-0.4, -0.2) is 35.7 Å². The Hall–Kier alpha value is -2.33. The van der Waals surface area contributed by atoms with Gasteiger partial charge in [-0.1, -0.05) is 11.6 Å². The van der Waals surface area contributed by atoms with E-state index in [1.54, 1.807) is 24.3 Å². The van der Waals surface area contributed by atoms with Gasteiger partial charge in [0.15, 0.2) is 5.78 Å². The topological polar surface area (TPSA) is 49.4 Å². The average Bonchev–Trinajstić information content (AvgIpc) is 2.69. The van der Waals surface area contributed by atoms with Gasteiger partial charge in [-0.25, -0.2) is 0 Å². The summed E-state index contributed by atoms with van der Waals surface area (Å²) in [5.41, 5.74) is 2.28. The minimum Gasteiger partial charge on any atom is -0.385 e. The molecule has 0 unspecified atom stereocenters. The second-order valence-corrected chi connectivity index (χ2v) is 7.46. The van der Waals surface area contributed by atoms with Crippen LogP contribution in [0.5, 0.6) is 0 Å². The SMILES string of the molecule is C[C@@H]1CCCCN1C(=O)c1ccc(NCCC(=O)c2ccc(Cl)cc2)cc1. The van der Waals surface area contributed by atoms with Crippen molar-refractivity contribution in [1.82, 2.24) is 4.90 Å². The molecule has 27 heavy (non-hydrogen) atoms. The molecule has 2 aromatic carbocycles. The van der Waals surface area contributed by atoms with Gasteiger partial charge in [-0.15, -0.1) is 0 Å². The largest absolute Gasteiger partial charge is 0.385 e. The Morgan fingerprint density at radius 2 is 1.70 bits per heavy atom. The van der Waals surface area contributed by atoms with Gasteiger partial charge in [-0.05, 0) is 74.7 Å². The maximum atomic E-state index is 12.7. The summed E-state index contributed by atoms with van der Waals surface area (Å²) >= 11 is 5.84. The van der Waals surface area contributed by atoms with Gasteiger partial charge in [0.2, 0.25) is 0 Å². The number of hydrogen-bond acceptors (Lipinski definition) is 3. The number of ketones is 1. The smallest absolute Gasteiger partial charge is 0.254 e. The Morgan fingerprint density at radius 1 is 1.04 bits per heavy atom. The quantitative estimate of drug-likeness (QED) is 0.710. The van der Waals surface area contributed by atoms with Crippen molar-refractivity contribution in [3.05, 3.63) is 64.7 Å². The van der Waals surface area contributed by atoms with E-state index in [0.29, 0.717) is 35.2 Å². The predicted molar refractivity (Wildman–Crippen MR) is 110 cm³/mol. The van der Waals surface area contributed by atoms with Crippen LogP contribution >= 0.6 is 11.6 Å². The maximum Gasteiger partial charge on any atom is 0.254 e. The zero-order valence-electron chi connectivity index (χ0n) is 15.6. The molecular formula is C22H25ClN2O2. The second kappa shape index (κ2) is 9.05. The minimum atomic E-state index is 0.0741.